The lowest BCUT2D eigenvalue weighted by Gasteiger charge is -2.40. The van der Waals surface area contributed by atoms with Gasteiger partial charge in [0.15, 0.2) is 6.29 Å². The topological polar surface area (TPSA) is 149 Å². The number of nitrogens with one attached hydrogen (secondary N) is 1. The molecule has 71 heavy (non-hydrogen) atoms. The number of ether oxygens (including phenoxy) is 2. The molecule has 1 aliphatic rings. The second-order valence-corrected chi connectivity index (χ2v) is 22.6. The summed E-state index contributed by atoms with van der Waals surface area (Å²) >= 11 is 0. The SMILES string of the molecule is CCCCCCCCCCCCCCCCCCCCCCCCCCCCCCCCCCCCCC(=O)N[C@@H](CO[C@@H]1O[C@H](CO)[C@H](O)C(O)C1O)[C@H](O)CCCCCCCCCCCCCCC. The van der Waals surface area contributed by atoms with Crippen LogP contribution in [0.3, 0.4) is 0 Å². The van der Waals surface area contributed by atoms with Gasteiger partial charge < -0.3 is 40.3 Å². The zero-order chi connectivity index (χ0) is 51.5. The number of rotatable bonds is 56. The molecule has 0 aromatic rings. The minimum atomic E-state index is -1.55. The number of aliphatic hydroxyl groups excluding tert-OH is 5. The van der Waals surface area contributed by atoms with Gasteiger partial charge in [-0.25, -0.2) is 0 Å². The molecule has 1 saturated heterocycles. The Balaban J connectivity index is 2.03. The molecule has 424 valence electrons. The molecule has 9 heteroatoms. The van der Waals surface area contributed by atoms with Crippen molar-refractivity contribution in [1.82, 2.24) is 5.32 Å². The summed E-state index contributed by atoms with van der Waals surface area (Å²) in [7, 11) is 0. The summed E-state index contributed by atoms with van der Waals surface area (Å²) in [6.45, 7) is 3.88. The molecule has 0 radical (unpaired) electrons. The van der Waals surface area contributed by atoms with Gasteiger partial charge in [-0.05, 0) is 12.8 Å². The Morgan fingerprint density at radius 1 is 0.423 bits per heavy atom. The molecule has 0 saturated carbocycles. The largest absolute Gasteiger partial charge is 0.394 e. The van der Waals surface area contributed by atoms with Gasteiger partial charge in [0, 0.05) is 6.42 Å². The van der Waals surface area contributed by atoms with Crippen LogP contribution in [-0.4, -0.2) is 87.5 Å². The standard InChI is InChI=1S/C62H123NO8/c1-3-5-7-9-11-13-15-17-18-19-20-21-22-23-24-25-26-27-28-29-30-31-32-33-34-35-36-37-38-40-42-44-46-48-50-52-58(66)63-55(54-70-62-61(69)60(68)59(67)57(53-64)71-62)56(65)51-49-47-45-43-41-39-16-14-12-10-8-6-4-2/h55-57,59-62,64-65,67-69H,3-54H2,1-2H3,(H,63,66)/t55-,56+,57+,59-,60?,61?,62+/m0/s1. The van der Waals surface area contributed by atoms with Crippen molar-refractivity contribution in [1.29, 1.82) is 0 Å². The van der Waals surface area contributed by atoms with Gasteiger partial charge in [0.25, 0.3) is 0 Å². The van der Waals surface area contributed by atoms with Gasteiger partial charge in [0.05, 0.1) is 25.4 Å². The fourth-order valence-electron chi connectivity index (χ4n) is 10.7. The van der Waals surface area contributed by atoms with E-state index in [-0.39, 0.29) is 12.5 Å². The first-order valence-corrected chi connectivity index (χ1v) is 31.7. The monoisotopic (exact) mass is 1010 g/mol. The van der Waals surface area contributed by atoms with Crippen molar-refractivity contribution in [3.8, 4) is 0 Å². The van der Waals surface area contributed by atoms with E-state index in [1.807, 2.05) is 0 Å². The highest BCUT2D eigenvalue weighted by Gasteiger charge is 2.44. The molecule has 1 fully saturated rings. The first-order valence-electron chi connectivity index (χ1n) is 31.7. The lowest BCUT2D eigenvalue weighted by molar-refractivity contribution is -0.302. The Bertz CT molecular complexity index is 1080. The maximum atomic E-state index is 13.1. The predicted molar refractivity (Wildman–Crippen MR) is 300 cm³/mol. The van der Waals surface area contributed by atoms with Gasteiger partial charge in [-0.15, -0.1) is 0 Å². The summed E-state index contributed by atoms with van der Waals surface area (Å²) in [5.41, 5.74) is 0. The van der Waals surface area contributed by atoms with Crippen LogP contribution in [0.4, 0.5) is 0 Å². The van der Waals surface area contributed by atoms with Crippen LogP contribution in [0.15, 0.2) is 0 Å². The lowest BCUT2D eigenvalue weighted by Crippen LogP contribution is -2.60. The molecule has 0 aliphatic carbocycles. The van der Waals surface area contributed by atoms with E-state index in [0.717, 1.165) is 38.5 Å². The van der Waals surface area contributed by atoms with Crippen molar-refractivity contribution < 1.29 is 39.8 Å². The molecule has 0 aromatic carbocycles. The molecule has 1 heterocycles. The van der Waals surface area contributed by atoms with E-state index in [1.54, 1.807) is 0 Å². The second kappa shape index (κ2) is 52.6. The van der Waals surface area contributed by atoms with Crippen molar-refractivity contribution in [3.63, 3.8) is 0 Å². The third-order valence-electron chi connectivity index (χ3n) is 15.7. The molecular weight excluding hydrogens is 887 g/mol. The van der Waals surface area contributed by atoms with E-state index in [1.165, 1.54) is 270 Å². The van der Waals surface area contributed by atoms with E-state index in [9.17, 15) is 30.3 Å². The molecule has 0 bridgehead atoms. The van der Waals surface area contributed by atoms with Crippen LogP contribution in [0, 0.1) is 0 Å². The third kappa shape index (κ3) is 42.0. The van der Waals surface area contributed by atoms with Crippen LogP contribution >= 0.6 is 0 Å². The average Bonchev–Trinajstić information content (AvgIpc) is 3.37. The van der Waals surface area contributed by atoms with Crippen molar-refractivity contribution in [3.05, 3.63) is 0 Å². The van der Waals surface area contributed by atoms with E-state index in [2.05, 4.69) is 19.2 Å². The smallest absolute Gasteiger partial charge is 0.220 e. The molecule has 0 spiro atoms. The van der Waals surface area contributed by atoms with Crippen molar-refractivity contribution in [2.75, 3.05) is 13.2 Å². The van der Waals surface area contributed by atoms with E-state index < -0.39 is 49.5 Å². The highest BCUT2D eigenvalue weighted by Crippen LogP contribution is 2.24. The predicted octanol–water partition coefficient (Wildman–Crippen LogP) is 16.2. The normalized spacial score (nSPS) is 19.1. The van der Waals surface area contributed by atoms with Crippen LogP contribution in [0.25, 0.3) is 0 Å². The number of carbonyl (C=O) groups excluding carboxylic acids is 1. The van der Waals surface area contributed by atoms with E-state index in [4.69, 9.17) is 9.47 Å². The van der Waals surface area contributed by atoms with Crippen LogP contribution in [0.2, 0.25) is 0 Å². The summed E-state index contributed by atoms with van der Waals surface area (Å²) in [5, 5.41) is 54.6. The fourth-order valence-corrected chi connectivity index (χ4v) is 10.7. The van der Waals surface area contributed by atoms with Crippen LogP contribution in [-0.2, 0) is 14.3 Å². The highest BCUT2D eigenvalue weighted by atomic mass is 16.7. The number of unbranched alkanes of at least 4 members (excludes halogenated alkanes) is 46. The zero-order valence-corrected chi connectivity index (χ0v) is 47.3. The minimum Gasteiger partial charge on any atom is -0.394 e. The van der Waals surface area contributed by atoms with Gasteiger partial charge >= 0.3 is 0 Å². The van der Waals surface area contributed by atoms with Crippen LogP contribution in [0.5, 0.6) is 0 Å². The van der Waals surface area contributed by atoms with Crippen LogP contribution < -0.4 is 5.32 Å². The zero-order valence-electron chi connectivity index (χ0n) is 47.3. The molecule has 1 amide bonds. The molecule has 0 aromatic heterocycles. The minimum absolute atomic E-state index is 0.131. The highest BCUT2D eigenvalue weighted by molar-refractivity contribution is 5.76. The molecule has 6 N–H and O–H groups in total. The summed E-state index contributed by atoms with van der Waals surface area (Å²) in [4.78, 5) is 13.1. The first kappa shape index (κ1) is 68.2. The second-order valence-electron chi connectivity index (χ2n) is 22.6. The molecule has 9 nitrogen and oxygen atoms in total. The molecule has 1 aliphatic heterocycles. The number of aliphatic hydroxyl groups is 5. The molecule has 7 atom stereocenters. The Morgan fingerprint density at radius 2 is 0.704 bits per heavy atom. The van der Waals surface area contributed by atoms with Crippen LogP contribution in [0.1, 0.15) is 335 Å². The lowest BCUT2D eigenvalue weighted by atomic mass is 9.99. The summed E-state index contributed by atoms with van der Waals surface area (Å²) < 4.78 is 11.3. The fraction of sp³-hybridized carbons (Fsp3) is 0.984. The summed E-state index contributed by atoms with van der Waals surface area (Å²) in [6, 6.07) is -0.713. The van der Waals surface area contributed by atoms with E-state index in [0.29, 0.717) is 12.8 Å². The molecule has 1 rings (SSSR count). The number of amides is 1. The Labute approximate surface area is 440 Å². The van der Waals surface area contributed by atoms with Gasteiger partial charge in [0.1, 0.15) is 24.4 Å². The molecular formula is C62H123NO8. The number of hydrogen-bond acceptors (Lipinski definition) is 8. The third-order valence-corrected chi connectivity index (χ3v) is 15.7. The average molecular weight is 1010 g/mol. The molecule has 2 unspecified atom stereocenters. The van der Waals surface area contributed by atoms with Gasteiger partial charge in [-0.3, -0.25) is 4.79 Å². The summed E-state index contributed by atoms with van der Waals surface area (Å²) in [6.07, 6.45) is 57.5. The number of hydrogen-bond donors (Lipinski definition) is 6. The Hall–Kier alpha value is -0.810. The first-order chi connectivity index (χ1) is 34.8. The van der Waals surface area contributed by atoms with Crippen molar-refractivity contribution >= 4 is 5.91 Å². The Morgan fingerprint density at radius 3 is 1.00 bits per heavy atom. The van der Waals surface area contributed by atoms with E-state index >= 15 is 0 Å². The van der Waals surface area contributed by atoms with Gasteiger partial charge in [-0.1, -0.05) is 316 Å². The maximum absolute atomic E-state index is 13.1. The van der Waals surface area contributed by atoms with Crippen molar-refractivity contribution in [2.45, 2.75) is 378 Å². The quantitative estimate of drug-likeness (QED) is 0.0330. The summed E-state index contributed by atoms with van der Waals surface area (Å²) in [5.74, 6) is -0.136. The Kier molecular flexibility index (Phi) is 50.6. The van der Waals surface area contributed by atoms with Gasteiger partial charge in [0.2, 0.25) is 5.91 Å². The number of carbonyl (C=O) groups is 1. The van der Waals surface area contributed by atoms with Crippen molar-refractivity contribution in [2.24, 2.45) is 0 Å². The van der Waals surface area contributed by atoms with Gasteiger partial charge in [-0.2, -0.15) is 0 Å². The maximum Gasteiger partial charge on any atom is 0.220 e.